The summed E-state index contributed by atoms with van der Waals surface area (Å²) < 4.78 is 24.2. The monoisotopic (exact) mass is 351 g/mol. The first-order chi connectivity index (χ1) is 11.4. The van der Waals surface area contributed by atoms with Crippen LogP contribution in [0.2, 0.25) is 5.02 Å². The third-order valence-corrected chi connectivity index (χ3v) is 3.48. The molecule has 6 nitrogen and oxygen atoms in total. The van der Waals surface area contributed by atoms with Crippen molar-refractivity contribution in [2.75, 3.05) is 20.0 Å². The maximum absolute atomic E-state index is 14.6. The van der Waals surface area contributed by atoms with Gasteiger partial charge in [-0.2, -0.15) is 0 Å². The van der Waals surface area contributed by atoms with Crippen molar-refractivity contribution in [2.24, 2.45) is 0 Å². The lowest BCUT2D eigenvalue weighted by Crippen LogP contribution is -2.12. The minimum Gasteiger partial charge on any atom is -0.492 e. The number of ether oxygens (including phenoxy) is 2. The predicted octanol–water partition coefficient (Wildman–Crippen LogP) is 3.35. The highest BCUT2D eigenvalue weighted by Gasteiger charge is 2.22. The zero-order valence-corrected chi connectivity index (χ0v) is 14.0. The molecule has 24 heavy (non-hydrogen) atoms. The highest BCUT2D eigenvalue weighted by Crippen LogP contribution is 2.34. The lowest BCUT2D eigenvalue weighted by molar-refractivity contribution is 0.0593. The molecule has 0 spiro atoms. The number of esters is 1. The van der Waals surface area contributed by atoms with Gasteiger partial charge in [-0.3, -0.25) is 0 Å². The summed E-state index contributed by atoms with van der Waals surface area (Å²) in [5.41, 5.74) is 6.14. The maximum Gasteiger partial charge on any atom is 0.357 e. The average Bonchev–Trinajstić information content (AvgIpc) is 2.56. The molecule has 0 atom stereocenters. The molecule has 1 aromatic carbocycles. The number of hydrogen-bond donors (Lipinski definition) is 1. The second-order valence-corrected chi connectivity index (χ2v) is 5.04. The molecule has 2 rings (SSSR count). The molecule has 2 N–H and O–H groups in total. The van der Waals surface area contributed by atoms with Crippen LogP contribution in [0.3, 0.4) is 0 Å². The number of allylic oxidation sites excluding steroid dienone is 1. The molecule has 0 saturated carbocycles. The number of anilines is 1. The molecule has 0 fully saturated rings. The largest absolute Gasteiger partial charge is 0.492 e. The molecule has 1 heterocycles. The number of carbonyl (C=O) groups excluding carboxylic acids is 1. The van der Waals surface area contributed by atoms with E-state index in [2.05, 4.69) is 9.97 Å². The van der Waals surface area contributed by atoms with Crippen LogP contribution in [-0.4, -0.2) is 30.2 Å². The molecule has 2 aromatic rings. The predicted molar refractivity (Wildman–Crippen MR) is 89.4 cm³/mol. The Morgan fingerprint density at radius 2 is 2.04 bits per heavy atom. The van der Waals surface area contributed by atoms with E-state index in [1.165, 1.54) is 26.4 Å². The molecule has 0 bridgehead atoms. The van der Waals surface area contributed by atoms with Gasteiger partial charge in [0.1, 0.15) is 5.82 Å². The van der Waals surface area contributed by atoms with E-state index in [4.69, 9.17) is 26.8 Å². The van der Waals surface area contributed by atoms with E-state index in [-0.39, 0.29) is 33.7 Å². The average molecular weight is 352 g/mol. The fourth-order valence-electron chi connectivity index (χ4n) is 2.08. The fraction of sp³-hybridized carbons (Fsp3) is 0.188. The zero-order chi connectivity index (χ0) is 17.9. The van der Waals surface area contributed by atoms with Crippen LogP contribution in [0.1, 0.15) is 23.0 Å². The molecule has 0 unspecified atom stereocenters. The molecule has 1 aromatic heterocycles. The third-order valence-electron chi connectivity index (χ3n) is 3.18. The first kappa shape index (κ1) is 17.7. The highest BCUT2D eigenvalue weighted by molar-refractivity contribution is 6.32. The van der Waals surface area contributed by atoms with Gasteiger partial charge in [0.2, 0.25) is 0 Å². The Bertz CT molecular complexity index is 825. The van der Waals surface area contributed by atoms with Gasteiger partial charge in [0.25, 0.3) is 0 Å². The summed E-state index contributed by atoms with van der Waals surface area (Å²) in [5, 5.41) is 0.102. The van der Waals surface area contributed by atoms with Gasteiger partial charge in [0, 0.05) is 5.56 Å². The summed E-state index contributed by atoms with van der Waals surface area (Å²) in [6, 6.07) is 2.82. The van der Waals surface area contributed by atoms with Gasteiger partial charge in [0.15, 0.2) is 23.1 Å². The van der Waals surface area contributed by atoms with Crippen LogP contribution in [0.4, 0.5) is 10.2 Å². The Balaban J connectivity index is 2.73. The van der Waals surface area contributed by atoms with Gasteiger partial charge < -0.3 is 15.2 Å². The summed E-state index contributed by atoms with van der Waals surface area (Å²) in [5.74, 6) is -1.66. The molecule has 0 aliphatic rings. The number of nitrogens with two attached hydrogens (primary N) is 1. The van der Waals surface area contributed by atoms with Crippen molar-refractivity contribution in [2.45, 2.75) is 6.92 Å². The Hall–Kier alpha value is -2.67. The molecule has 126 valence electrons. The van der Waals surface area contributed by atoms with Gasteiger partial charge in [-0.15, -0.1) is 0 Å². The highest BCUT2D eigenvalue weighted by atomic mass is 35.5. The second-order valence-electron chi connectivity index (χ2n) is 4.63. The number of carbonyl (C=O) groups is 1. The number of hydrogen-bond acceptors (Lipinski definition) is 6. The van der Waals surface area contributed by atoms with Gasteiger partial charge in [-0.1, -0.05) is 23.8 Å². The van der Waals surface area contributed by atoms with Crippen LogP contribution in [0.15, 0.2) is 18.2 Å². The quantitative estimate of drug-likeness (QED) is 0.850. The Labute approximate surface area is 143 Å². The normalized spacial score (nSPS) is 10.9. The van der Waals surface area contributed by atoms with Crippen molar-refractivity contribution in [3.8, 4) is 17.1 Å². The molecular weight excluding hydrogens is 337 g/mol. The molecule has 0 amide bonds. The summed E-state index contributed by atoms with van der Waals surface area (Å²) in [6.07, 6.45) is 3.25. The van der Waals surface area contributed by atoms with E-state index in [0.29, 0.717) is 5.56 Å². The molecule has 0 saturated heterocycles. The van der Waals surface area contributed by atoms with E-state index in [1.54, 1.807) is 19.1 Å². The van der Waals surface area contributed by atoms with Crippen molar-refractivity contribution < 1.29 is 18.7 Å². The van der Waals surface area contributed by atoms with Crippen LogP contribution in [0, 0.1) is 5.82 Å². The Morgan fingerprint density at radius 1 is 1.33 bits per heavy atom. The Kier molecular flexibility index (Phi) is 5.35. The van der Waals surface area contributed by atoms with Crippen LogP contribution >= 0.6 is 11.6 Å². The van der Waals surface area contributed by atoms with Crippen molar-refractivity contribution in [1.29, 1.82) is 0 Å². The molecule has 8 heteroatoms. The van der Waals surface area contributed by atoms with E-state index < -0.39 is 11.8 Å². The van der Waals surface area contributed by atoms with Crippen LogP contribution in [0.5, 0.6) is 5.75 Å². The van der Waals surface area contributed by atoms with Gasteiger partial charge in [0.05, 0.1) is 24.8 Å². The van der Waals surface area contributed by atoms with E-state index in [1.807, 2.05) is 0 Å². The Morgan fingerprint density at radius 3 is 2.62 bits per heavy atom. The first-order valence-electron chi connectivity index (χ1n) is 6.85. The maximum atomic E-state index is 14.6. The number of halogens is 2. The SMILES string of the molecule is C/C=C/c1c(N)nc(-c2ccc(Cl)c(OC)c2F)nc1C(=O)OC. The van der Waals surface area contributed by atoms with Crippen LogP contribution in [0.25, 0.3) is 17.5 Å². The van der Waals surface area contributed by atoms with Crippen LogP contribution < -0.4 is 10.5 Å². The number of aromatic nitrogens is 2. The summed E-state index contributed by atoms with van der Waals surface area (Å²) in [7, 11) is 2.50. The number of nitrogens with zero attached hydrogens (tertiary/aromatic N) is 2. The third kappa shape index (κ3) is 3.16. The summed E-state index contributed by atoms with van der Waals surface area (Å²) in [6.45, 7) is 1.75. The second kappa shape index (κ2) is 7.27. The van der Waals surface area contributed by atoms with Gasteiger partial charge in [-0.05, 0) is 19.1 Å². The zero-order valence-electron chi connectivity index (χ0n) is 13.3. The topological polar surface area (TPSA) is 87.3 Å². The lowest BCUT2D eigenvalue weighted by Gasteiger charge is -2.11. The molecule has 0 aliphatic heterocycles. The van der Waals surface area contributed by atoms with Crippen molar-refractivity contribution >= 4 is 29.5 Å². The molecular formula is C16H15ClFN3O3. The summed E-state index contributed by atoms with van der Waals surface area (Å²) >= 11 is 5.88. The minimum absolute atomic E-state index is 0.000121. The van der Waals surface area contributed by atoms with Crippen molar-refractivity contribution in [1.82, 2.24) is 9.97 Å². The van der Waals surface area contributed by atoms with E-state index in [0.717, 1.165) is 0 Å². The van der Waals surface area contributed by atoms with Crippen molar-refractivity contribution in [3.05, 3.63) is 40.3 Å². The molecule has 0 radical (unpaired) electrons. The minimum atomic E-state index is -0.751. The number of methoxy groups -OCH3 is 2. The van der Waals surface area contributed by atoms with E-state index in [9.17, 15) is 9.18 Å². The molecule has 0 aliphatic carbocycles. The van der Waals surface area contributed by atoms with Crippen molar-refractivity contribution in [3.63, 3.8) is 0 Å². The number of benzene rings is 1. The van der Waals surface area contributed by atoms with Crippen LogP contribution in [-0.2, 0) is 4.74 Å². The fourth-order valence-corrected chi connectivity index (χ4v) is 2.31. The smallest absolute Gasteiger partial charge is 0.357 e. The summed E-state index contributed by atoms with van der Waals surface area (Å²) in [4.78, 5) is 20.1. The standard InChI is InChI=1S/C16H15ClFN3O3/c1-4-5-9-12(16(22)24-3)20-15(21-14(9)19)8-6-7-10(17)13(23-2)11(8)18/h4-7H,1-3H3,(H2,19,20,21)/b5-4+. The number of nitrogen functional groups attached to an aromatic ring is 1. The number of rotatable bonds is 4. The first-order valence-corrected chi connectivity index (χ1v) is 7.23. The van der Waals surface area contributed by atoms with E-state index >= 15 is 0 Å². The van der Waals surface area contributed by atoms with Gasteiger partial charge in [-0.25, -0.2) is 19.2 Å². The van der Waals surface area contributed by atoms with Gasteiger partial charge >= 0.3 is 5.97 Å². The lowest BCUT2D eigenvalue weighted by atomic mass is 10.1.